The van der Waals surface area contributed by atoms with Gasteiger partial charge < -0.3 is 5.43 Å². The van der Waals surface area contributed by atoms with Crippen LogP contribution in [0.4, 0.5) is 11.4 Å². The summed E-state index contributed by atoms with van der Waals surface area (Å²) in [6.07, 6.45) is 3.13. The zero-order valence-electron chi connectivity index (χ0n) is 11.0. The van der Waals surface area contributed by atoms with Gasteiger partial charge in [-0.2, -0.15) is 0 Å². The number of sulfonamides is 1. The van der Waals surface area contributed by atoms with E-state index >= 15 is 0 Å². The van der Waals surface area contributed by atoms with Crippen molar-refractivity contribution < 1.29 is 8.42 Å². The van der Waals surface area contributed by atoms with Crippen LogP contribution in [0.25, 0.3) is 0 Å². The molecule has 0 saturated heterocycles. The number of pyridine rings is 1. The second-order valence-corrected chi connectivity index (χ2v) is 5.91. The van der Waals surface area contributed by atoms with Gasteiger partial charge in [-0.3, -0.25) is 15.1 Å². The highest BCUT2D eigenvalue weighted by Crippen LogP contribution is 2.23. The number of nitrogen functional groups attached to an aromatic ring is 1. The molecule has 2 rings (SSSR count). The molecular weight excluding hydrogens is 276 g/mol. The minimum atomic E-state index is -3.59. The Labute approximate surface area is 118 Å². The highest BCUT2D eigenvalue weighted by atomic mass is 32.2. The minimum absolute atomic E-state index is 0.218. The van der Waals surface area contributed by atoms with Gasteiger partial charge in [0.2, 0.25) is 0 Å². The van der Waals surface area contributed by atoms with Gasteiger partial charge in [0.1, 0.15) is 0 Å². The summed E-state index contributed by atoms with van der Waals surface area (Å²) >= 11 is 0. The molecule has 0 aliphatic carbocycles. The van der Waals surface area contributed by atoms with Crippen LogP contribution < -0.4 is 15.6 Å². The Morgan fingerprint density at radius 1 is 1.15 bits per heavy atom. The van der Waals surface area contributed by atoms with Crippen molar-refractivity contribution in [2.75, 3.05) is 16.3 Å². The van der Waals surface area contributed by atoms with E-state index in [1.807, 2.05) is 0 Å². The summed E-state index contributed by atoms with van der Waals surface area (Å²) in [7, 11) is -3.59. The van der Waals surface area contributed by atoms with E-state index in [1.54, 1.807) is 43.6 Å². The number of nitrogens with one attached hydrogen (secondary N) is 1. The Kier molecular flexibility index (Phi) is 4.21. The molecule has 106 valence electrons. The Balaban J connectivity index is 2.41. The van der Waals surface area contributed by atoms with Crippen molar-refractivity contribution in [3.63, 3.8) is 0 Å². The molecule has 0 aliphatic rings. The highest BCUT2D eigenvalue weighted by molar-refractivity contribution is 7.92. The standard InChI is InChI=1S/C13H16N4O2S/c1-2-17(12-7-9-15-10-8-12)20(18,19)13-5-3-11(16-14)4-6-13/h3-10,16H,2,14H2,1H3. The van der Waals surface area contributed by atoms with Gasteiger partial charge in [0.05, 0.1) is 10.6 Å². The third-order valence-corrected chi connectivity index (χ3v) is 4.76. The molecule has 0 spiro atoms. The number of nitrogens with zero attached hydrogens (tertiary/aromatic N) is 2. The third kappa shape index (κ3) is 2.73. The molecule has 0 fully saturated rings. The van der Waals surface area contributed by atoms with Gasteiger partial charge >= 0.3 is 0 Å². The normalized spacial score (nSPS) is 11.1. The highest BCUT2D eigenvalue weighted by Gasteiger charge is 2.23. The van der Waals surface area contributed by atoms with Crippen molar-refractivity contribution in [2.24, 2.45) is 5.84 Å². The quantitative estimate of drug-likeness (QED) is 0.645. The van der Waals surface area contributed by atoms with E-state index < -0.39 is 10.0 Å². The summed E-state index contributed by atoms with van der Waals surface area (Å²) in [4.78, 5) is 4.11. The first-order chi connectivity index (χ1) is 9.59. The molecule has 1 heterocycles. The SMILES string of the molecule is CCN(c1ccncc1)S(=O)(=O)c1ccc(NN)cc1. The first kappa shape index (κ1) is 14.3. The molecule has 0 aliphatic heterocycles. The summed E-state index contributed by atoms with van der Waals surface area (Å²) in [5, 5.41) is 0. The van der Waals surface area contributed by atoms with Crippen LogP contribution in [0, 0.1) is 0 Å². The second-order valence-electron chi connectivity index (χ2n) is 4.04. The lowest BCUT2D eigenvalue weighted by molar-refractivity contribution is 0.592. The molecule has 7 heteroatoms. The van der Waals surface area contributed by atoms with Crippen LogP contribution in [-0.2, 0) is 10.0 Å². The predicted octanol–water partition coefficient (Wildman–Crippen LogP) is 1.58. The molecule has 6 nitrogen and oxygen atoms in total. The van der Waals surface area contributed by atoms with Gasteiger partial charge in [-0.05, 0) is 43.3 Å². The summed E-state index contributed by atoms with van der Waals surface area (Å²) in [6, 6.07) is 9.61. The number of nitrogens with two attached hydrogens (primary N) is 1. The molecule has 0 radical (unpaired) electrons. The maximum Gasteiger partial charge on any atom is 0.264 e. The summed E-state index contributed by atoms with van der Waals surface area (Å²) in [6.45, 7) is 2.12. The molecule has 0 amide bonds. The van der Waals surface area contributed by atoms with E-state index in [9.17, 15) is 8.42 Å². The fourth-order valence-electron chi connectivity index (χ4n) is 1.85. The van der Waals surface area contributed by atoms with Gasteiger partial charge in [-0.25, -0.2) is 8.42 Å². The molecule has 0 atom stereocenters. The first-order valence-electron chi connectivity index (χ1n) is 6.09. The van der Waals surface area contributed by atoms with E-state index in [1.165, 1.54) is 16.4 Å². The molecular formula is C13H16N4O2S. The summed E-state index contributed by atoms with van der Waals surface area (Å²) in [5.74, 6) is 5.27. The number of aromatic nitrogens is 1. The largest absolute Gasteiger partial charge is 0.324 e. The Bertz CT molecular complexity index is 657. The zero-order chi connectivity index (χ0) is 14.6. The summed E-state index contributed by atoms with van der Waals surface area (Å²) < 4.78 is 26.6. The fraction of sp³-hybridized carbons (Fsp3) is 0.154. The van der Waals surface area contributed by atoms with Crippen LogP contribution in [0.3, 0.4) is 0 Å². The minimum Gasteiger partial charge on any atom is -0.324 e. The molecule has 0 saturated carbocycles. The maximum absolute atomic E-state index is 12.6. The number of hydrogen-bond donors (Lipinski definition) is 2. The van der Waals surface area contributed by atoms with Crippen molar-refractivity contribution in [1.29, 1.82) is 0 Å². The summed E-state index contributed by atoms with van der Waals surface area (Å²) in [5.41, 5.74) is 3.70. The van der Waals surface area contributed by atoms with Crippen molar-refractivity contribution in [2.45, 2.75) is 11.8 Å². The predicted molar refractivity (Wildman–Crippen MR) is 78.7 cm³/mol. The maximum atomic E-state index is 12.6. The van der Waals surface area contributed by atoms with E-state index in [4.69, 9.17) is 5.84 Å². The van der Waals surface area contributed by atoms with Gasteiger partial charge in [0, 0.05) is 24.6 Å². The van der Waals surface area contributed by atoms with Crippen LogP contribution in [0.5, 0.6) is 0 Å². The van der Waals surface area contributed by atoms with Gasteiger partial charge in [-0.15, -0.1) is 0 Å². The van der Waals surface area contributed by atoms with E-state index in [0.717, 1.165) is 0 Å². The number of anilines is 2. The van der Waals surface area contributed by atoms with Crippen molar-refractivity contribution >= 4 is 21.4 Å². The smallest absolute Gasteiger partial charge is 0.264 e. The second kappa shape index (κ2) is 5.89. The average Bonchev–Trinajstić information content (AvgIpc) is 2.49. The van der Waals surface area contributed by atoms with E-state index in [0.29, 0.717) is 17.9 Å². The first-order valence-corrected chi connectivity index (χ1v) is 7.53. The molecule has 0 bridgehead atoms. The number of rotatable bonds is 5. The Morgan fingerprint density at radius 3 is 2.25 bits per heavy atom. The topological polar surface area (TPSA) is 88.3 Å². The molecule has 0 unspecified atom stereocenters. The van der Waals surface area contributed by atoms with Crippen molar-refractivity contribution in [1.82, 2.24) is 4.98 Å². The Morgan fingerprint density at radius 2 is 1.75 bits per heavy atom. The van der Waals surface area contributed by atoms with Crippen LogP contribution in [0.2, 0.25) is 0 Å². The van der Waals surface area contributed by atoms with Gasteiger partial charge in [0.25, 0.3) is 10.0 Å². The van der Waals surface area contributed by atoms with Crippen molar-refractivity contribution in [3.05, 3.63) is 48.8 Å². The van der Waals surface area contributed by atoms with E-state index in [2.05, 4.69) is 10.4 Å². The number of hydrazine groups is 1. The lowest BCUT2D eigenvalue weighted by Gasteiger charge is -2.22. The monoisotopic (exact) mass is 292 g/mol. The number of benzene rings is 1. The zero-order valence-corrected chi connectivity index (χ0v) is 11.8. The third-order valence-electron chi connectivity index (χ3n) is 2.85. The fourth-order valence-corrected chi connectivity index (χ4v) is 3.33. The number of hydrogen-bond acceptors (Lipinski definition) is 5. The van der Waals surface area contributed by atoms with Gasteiger partial charge in [-0.1, -0.05) is 0 Å². The van der Waals surface area contributed by atoms with Crippen molar-refractivity contribution in [3.8, 4) is 0 Å². The molecule has 1 aromatic heterocycles. The van der Waals surface area contributed by atoms with Crippen LogP contribution >= 0.6 is 0 Å². The average molecular weight is 292 g/mol. The molecule has 20 heavy (non-hydrogen) atoms. The van der Waals surface area contributed by atoms with Gasteiger partial charge in [0.15, 0.2) is 0 Å². The molecule has 3 N–H and O–H groups in total. The van der Waals surface area contributed by atoms with Crippen LogP contribution in [0.1, 0.15) is 6.92 Å². The lowest BCUT2D eigenvalue weighted by atomic mass is 10.3. The molecule has 1 aromatic carbocycles. The molecule has 2 aromatic rings. The van der Waals surface area contributed by atoms with Crippen LogP contribution in [-0.4, -0.2) is 19.9 Å². The Hall–Kier alpha value is -2.12. The van der Waals surface area contributed by atoms with Crippen LogP contribution in [0.15, 0.2) is 53.7 Å². The lowest BCUT2D eigenvalue weighted by Crippen LogP contribution is -2.30. The van der Waals surface area contributed by atoms with E-state index in [-0.39, 0.29) is 4.90 Å².